The van der Waals surface area contributed by atoms with Gasteiger partial charge in [0, 0.05) is 6.42 Å². The fourth-order valence-electron chi connectivity index (χ4n) is 5.99. The molecule has 0 saturated heterocycles. The van der Waals surface area contributed by atoms with E-state index in [9.17, 15) is 9.90 Å². The molecular weight excluding hydrogens is 248 g/mol. The maximum absolute atomic E-state index is 11.6. The van der Waals surface area contributed by atoms with Crippen LogP contribution >= 0.6 is 0 Å². The van der Waals surface area contributed by atoms with Crippen LogP contribution in [0, 0.1) is 29.1 Å². The maximum Gasteiger partial charge on any atom is 0.155 e. The molecule has 4 aliphatic carbocycles. The van der Waals surface area contributed by atoms with E-state index < -0.39 is 0 Å². The van der Waals surface area contributed by atoms with E-state index >= 15 is 0 Å². The van der Waals surface area contributed by atoms with E-state index in [1.807, 2.05) is 6.08 Å². The van der Waals surface area contributed by atoms with Crippen LogP contribution in [0.2, 0.25) is 0 Å². The smallest absolute Gasteiger partial charge is 0.155 e. The number of aliphatic hydroxyl groups excluding tert-OH is 1. The lowest BCUT2D eigenvalue weighted by molar-refractivity contribution is -0.116. The van der Waals surface area contributed by atoms with Gasteiger partial charge in [0.2, 0.25) is 0 Å². The molecule has 3 fully saturated rings. The van der Waals surface area contributed by atoms with Crippen molar-refractivity contribution in [1.29, 1.82) is 0 Å². The van der Waals surface area contributed by atoms with Gasteiger partial charge in [0.05, 0.1) is 6.10 Å². The largest absolute Gasteiger partial charge is 0.393 e. The van der Waals surface area contributed by atoms with Crippen molar-refractivity contribution < 1.29 is 9.90 Å². The van der Waals surface area contributed by atoms with Gasteiger partial charge in [-0.15, -0.1) is 0 Å². The molecule has 4 aliphatic rings. The van der Waals surface area contributed by atoms with Crippen LogP contribution in [-0.4, -0.2) is 17.0 Å². The third-order valence-corrected chi connectivity index (χ3v) is 7.19. The first kappa shape index (κ1) is 13.1. The number of ketones is 1. The number of fused-ring (bicyclic) bond motifs is 4. The molecule has 0 spiro atoms. The monoisotopic (exact) mass is 274 g/mol. The van der Waals surface area contributed by atoms with E-state index in [-0.39, 0.29) is 11.5 Å². The van der Waals surface area contributed by atoms with Gasteiger partial charge in [0.15, 0.2) is 5.78 Å². The van der Waals surface area contributed by atoms with Crippen molar-refractivity contribution in [1.82, 2.24) is 0 Å². The Kier molecular flexibility index (Phi) is 2.89. The van der Waals surface area contributed by atoms with Gasteiger partial charge in [0.1, 0.15) is 0 Å². The fraction of sp³-hybridized carbons (Fsp3) is 0.833. The second-order valence-corrected chi connectivity index (χ2v) is 8.03. The van der Waals surface area contributed by atoms with Crippen LogP contribution in [0.3, 0.4) is 0 Å². The Morgan fingerprint density at radius 3 is 2.90 bits per heavy atom. The summed E-state index contributed by atoms with van der Waals surface area (Å²) < 4.78 is 0. The molecule has 20 heavy (non-hydrogen) atoms. The summed E-state index contributed by atoms with van der Waals surface area (Å²) in [4.78, 5) is 11.6. The molecule has 0 bridgehead atoms. The van der Waals surface area contributed by atoms with Crippen molar-refractivity contribution in [3.05, 3.63) is 11.6 Å². The third-order valence-electron chi connectivity index (χ3n) is 7.19. The second kappa shape index (κ2) is 4.43. The minimum Gasteiger partial charge on any atom is -0.393 e. The minimum absolute atomic E-state index is 0.0710. The SMILES string of the molecule is C[C@@]12C[C@@H]3CCC4=CC(=O)CC[C@@H]4[C@H]3C[C@H]1CC[C@H]2O. The first-order valence-electron chi connectivity index (χ1n) is 8.49. The quantitative estimate of drug-likeness (QED) is 0.734. The molecule has 6 atom stereocenters. The van der Waals surface area contributed by atoms with Crippen LogP contribution in [0.5, 0.6) is 0 Å². The summed E-state index contributed by atoms with van der Waals surface area (Å²) in [5.41, 5.74) is 1.65. The summed E-state index contributed by atoms with van der Waals surface area (Å²) in [5.74, 6) is 3.35. The standard InChI is InChI=1S/C18H26O2/c1-18-10-12-3-2-11-8-14(19)5-6-15(11)16(12)9-13(18)4-7-17(18)20/h8,12-13,15-17,20H,2-7,9-10H2,1H3/t12-,13+,15-,16-,17+,18+/m0/s1. The van der Waals surface area contributed by atoms with Gasteiger partial charge in [-0.2, -0.15) is 0 Å². The topological polar surface area (TPSA) is 37.3 Å². The van der Waals surface area contributed by atoms with Crippen molar-refractivity contribution in [2.24, 2.45) is 29.1 Å². The summed E-state index contributed by atoms with van der Waals surface area (Å²) >= 11 is 0. The molecule has 2 heteroatoms. The highest BCUT2D eigenvalue weighted by atomic mass is 16.3. The average Bonchev–Trinajstić information content (AvgIpc) is 2.71. The summed E-state index contributed by atoms with van der Waals surface area (Å²) in [7, 11) is 0. The number of carbonyl (C=O) groups is 1. The van der Waals surface area contributed by atoms with Gasteiger partial charge >= 0.3 is 0 Å². The molecule has 0 aromatic rings. The van der Waals surface area contributed by atoms with E-state index in [2.05, 4.69) is 6.92 Å². The minimum atomic E-state index is -0.0710. The molecule has 4 rings (SSSR count). The number of carbonyl (C=O) groups excluding carboxylic acids is 1. The van der Waals surface area contributed by atoms with Crippen molar-refractivity contribution in [3.63, 3.8) is 0 Å². The van der Waals surface area contributed by atoms with Crippen LogP contribution in [-0.2, 0) is 4.79 Å². The molecular formula is C18H26O2. The van der Waals surface area contributed by atoms with Gasteiger partial charge in [-0.3, -0.25) is 4.79 Å². The Hall–Kier alpha value is -0.630. The molecule has 3 saturated carbocycles. The predicted molar refractivity (Wildman–Crippen MR) is 78.1 cm³/mol. The summed E-state index contributed by atoms with van der Waals surface area (Å²) in [5, 5.41) is 10.4. The first-order chi connectivity index (χ1) is 9.58. The molecule has 0 aromatic carbocycles. The normalized spacial score (nSPS) is 51.0. The average molecular weight is 274 g/mol. The Balaban J connectivity index is 1.61. The molecule has 110 valence electrons. The van der Waals surface area contributed by atoms with E-state index in [0.717, 1.165) is 43.4 Å². The predicted octanol–water partition coefficient (Wildman–Crippen LogP) is 3.49. The fourth-order valence-corrected chi connectivity index (χ4v) is 5.99. The van der Waals surface area contributed by atoms with Crippen LogP contribution in [0.4, 0.5) is 0 Å². The van der Waals surface area contributed by atoms with E-state index in [4.69, 9.17) is 0 Å². The Bertz CT molecular complexity index is 466. The summed E-state index contributed by atoms with van der Waals surface area (Å²) in [6.07, 6.45) is 10.9. The van der Waals surface area contributed by atoms with Crippen LogP contribution in [0.1, 0.15) is 58.3 Å². The number of aliphatic hydroxyl groups is 1. The van der Waals surface area contributed by atoms with Gasteiger partial charge in [0.25, 0.3) is 0 Å². The summed E-state index contributed by atoms with van der Waals surface area (Å²) in [6, 6.07) is 0. The molecule has 2 nitrogen and oxygen atoms in total. The van der Waals surface area contributed by atoms with E-state index in [1.54, 1.807) is 0 Å². The van der Waals surface area contributed by atoms with Gasteiger partial charge in [-0.25, -0.2) is 0 Å². The molecule has 0 unspecified atom stereocenters. The maximum atomic E-state index is 11.6. The number of hydrogen-bond acceptors (Lipinski definition) is 2. The zero-order valence-electron chi connectivity index (χ0n) is 12.5. The molecule has 0 radical (unpaired) electrons. The number of rotatable bonds is 0. The number of allylic oxidation sites excluding steroid dienone is 2. The highest BCUT2D eigenvalue weighted by Crippen LogP contribution is 2.60. The lowest BCUT2D eigenvalue weighted by atomic mass is 9.53. The van der Waals surface area contributed by atoms with Gasteiger partial charge < -0.3 is 5.11 Å². The van der Waals surface area contributed by atoms with Gasteiger partial charge in [-0.05, 0) is 80.1 Å². The molecule has 0 amide bonds. The van der Waals surface area contributed by atoms with Crippen LogP contribution < -0.4 is 0 Å². The zero-order valence-corrected chi connectivity index (χ0v) is 12.5. The number of hydrogen-bond donors (Lipinski definition) is 1. The van der Waals surface area contributed by atoms with Crippen LogP contribution in [0.25, 0.3) is 0 Å². The van der Waals surface area contributed by atoms with Crippen molar-refractivity contribution in [3.8, 4) is 0 Å². The Labute approximate surface area is 121 Å². The Morgan fingerprint density at radius 2 is 2.05 bits per heavy atom. The molecule has 0 heterocycles. The second-order valence-electron chi connectivity index (χ2n) is 8.03. The highest BCUT2D eigenvalue weighted by molar-refractivity contribution is 5.91. The lowest BCUT2D eigenvalue weighted by Crippen LogP contribution is -2.46. The van der Waals surface area contributed by atoms with E-state index in [1.165, 1.54) is 31.3 Å². The van der Waals surface area contributed by atoms with Crippen molar-refractivity contribution in [2.45, 2.75) is 64.4 Å². The third kappa shape index (κ3) is 1.76. The molecule has 0 aromatic heterocycles. The molecule has 1 N–H and O–H groups in total. The Morgan fingerprint density at radius 1 is 1.20 bits per heavy atom. The highest BCUT2D eigenvalue weighted by Gasteiger charge is 2.54. The molecule has 0 aliphatic heterocycles. The van der Waals surface area contributed by atoms with Crippen LogP contribution in [0.15, 0.2) is 11.6 Å². The van der Waals surface area contributed by atoms with Crippen molar-refractivity contribution in [2.75, 3.05) is 0 Å². The lowest BCUT2D eigenvalue weighted by Gasteiger charge is -2.52. The summed E-state index contributed by atoms with van der Waals surface area (Å²) in [6.45, 7) is 2.33. The van der Waals surface area contributed by atoms with Gasteiger partial charge in [-0.1, -0.05) is 12.5 Å². The first-order valence-corrected chi connectivity index (χ1v) is 8.49. The van der Waals surface area contributed by atoms with Crippen molar-refractivity contribution >= 4 is 5.78 Å². The van der Waals surface area contributed by atoms with E-state index in [0.29, 0.717) is 11.7 Å². The zero-order chi connectivity index (χ0) is 13.9.